The highest BCUT2D eigenvalue weighted by molar-refractivity contribution is 5.45. The van der Waals surface area contributed by atoms with Crippen LogP contribution in [0, 0.1) is 0 Å². The van der Waals surface area contributed by atoms with E-state index in [9.17, 15) is 0 Å². The summed E-state index contributed by atoms with van der Waals surface area (Å²) in [7, 11) is 0. The van der Waals surface area contributed by atoms with Gasteiger partial charge in [0.15, 0.2) is 0 Å². The lowest BCUT2D eigenvalue weighted by molar-refractivity contribution is 0.135. The molecule has 0 radical (unpaired) electrons. The molecule has 1 saturated heterocycles. The number of ether oxygens (including phenoxy) is 1. The Morgan fingerprint density at radius 1 is 1.31 bits per heavy atom. The van der Waals surface area contributed by atoms with Crippen molar-refractivity contribution in [3.05, 3.63) is 29.3 Å². The van der Waals surface area contributed by atoms with E-state index in [1.807, 2.05) is 6.07 Å². The highest BCUT2D eigenvalue weighted by Crippen LogP contribution is 2.24. The fraction of sp³-hybridized carbons (Fsp3) is 0.538. The van der Waals surface area contributed by atoms with Crippen LogP contribution in [0.25, 0.3) is 0 Å². The molecule has 0 amide bonds. The van der Waals surface area contributed by atoms with Crippen LogP contribution >= 0.6 is 0 Å². The van der Waals surface area contributed by atoms with E-state index >= 15 is 0 Å². The summed E-state index contributed by atoms with van der Waals surface area (Å²) in [5.74, 6) is 0. The summed E-state index contributed by atoms with van der Waals surface area (Å²) < 4.78 is 5.46. The highest BCUT2D eigenvalue weighted by Gasteiger charge is 2.26. The molecule has 86 valence electrons. The SMILES string of the molecule is Nc1ccc2c(c1)CCN(C1CCOC1)C2. The van der Waals surface area contributed by atoms with Crippen LogP contribution in [0.3, 0.4) is 0 Å². The second-order valence-corrected chi connectivity index (χ2v) is 4.77. The first kappa shape index (κ1) is 10.1. The van der Waals surface area contributed by atoms with Gasteiger partial charge in [-0.3, -0.25) is 4.90 Å². The molecule has 0 saturated carbocycles. The van der Waals surface area contributed by atoms with E-state index in [0.717, 1.165) is 38.4 Å². The predicted molar refractivity (Wildman–Crippen MR) is 64.2 cm³/mol. The lowest BCUT2D eigenvalue weighted by Crippen LogP contribution is -2.39. The molecule has 2 aliphatic rings. The summed E-state index contributed by atoms with van der Waals surface area (Å²) in [6, 6.07) is 6.93. The van der Waals surface area contributed by atoms with Gasteiger partial charge in [-0.1, -0.05) is 6.07 Å². The predicted octanol–water partition coefficient (Wildman–Crippen LogP) is 1.42. The van der Waals surface area contributed by atoms with Gasteiger partial charge < -0.3 is 10.5 Å². The van der Waals surface area contributed by atoms with Gasteiger partial charge in [0.1, 0.15) is 0 Å². The zero-order valence-corrected chi connectivity index (χ0v) is 9.48. The van der Waals surface area contributed by atoms with Crippen molar-refractivity contribution in [2.75, 3.05) is 25.5 Å². The molecule has 1 aromatic rings. The van der Waals surface area contributed by atoms with Gasteiger partial charge in [-0.05, 0) is 36.1 Å². The van der Waals surface area contributed by atoms with E-state index in [2.05, 4.69) is 17.0 Å². The van der Waals surface area contributed by atoms with Crippen LogP contribution in [0.15, 0.2) is 18.2 Å². The van der Waals surface area contributed by atoms with E-state index in [1.54, 1.807) is 0 Å². The number of rotatable bonds is 1. The monoisotopic (exact) mass is 218 g/mol. The Bertz CT molecular complexity index is 386. The standard InChI is InChI=1S/C13H18N2O/c14-12-2-1-11-8-15(5-3-10(11)7-12)13-4-6-16-9-13/h1-2,7,13H,3-6,8-9,14H2. The smallest absolute Gasteiger partial charge is 0.0622 e. The molecule has 1 unspecified atom stereocenters. The van der Waals surface area contributed by atoms with Crippen LogP contribution in [-0.4, -0.2) is 30.7 Å². The molecule has 16 heavy (non-hydrogen) atoms. The van der Waals surface area contributed by atoms with Crippen LogP contribution in [-0.2, 0) is 17.7 Å². The molecular weight excluding hydrogens is 200 g/mol. The summed E-state index contributed by atoms with van der Waals surface area (Å²) in [5.41, 5.74) is 9.55. The maximum atomic E-state index is 5.81. The first-order valence-electron chi connectivity index (χ1n) is 6.02. The quantitative estimate of drug-likeness (QED) is 0.724. The summed E-state index contributed by atoms with van der Waals surface area (Å²) in [5, 5.41) is 0. The third-order valence-corrected chi connectivity index (χ3v) is 3.69. The van der Waals surface area contributed by atoms with Crippen molar-refractivity contribution in [3.63, 3.8) is 0 Å². The fourth-order valence-corrected chi connectivity index (χ4v) is 2.72. The largest absolute Gasteiger partial charge is 0.399 e. The first-order valence-corrected chi connectivity index (χ1v) is 6.02. The Morgan fingerprint density at radius 2 is 2.25 bits per heavy atom. The third-order valence-electron chi connectivity index (χ3n) is 3.69. The Kier molecular flexibility index (Phi) is 2.58. The molecule has 2 heterocycles. The van der Waals surface area contributed by atoms with Gasteiger partial charge in [0.2, 0.25) is 0 Å². The number of nitrogens with zero attached hydrogens (tertiary/aromatic N) is 1. The normalized spacial score (nSPS) is 25.6. The Labute approximate surface area is 96.2 Å². The highest BCUT2D eigenvalue weighted by atomic mass is 16.5. The van der Waals surface area contributed by atoms with Gasteiger partial charge in [-0.15, -0.1) is 0 Å². The maximum absolute atomic E-state index is 5.81. The van der Waals surface area contributed by atoms with Gasteiger partial charge in [-0.2, -0.15) is 0 Å². The van der Waals surface area contributed by atoms with Crippen molar-refractivity contribution >= 4 is 5.69 Å². The van der Waals surface area contributed by atoms with Crippen LogP contribution in [0.4, 0.5) is 5.69 Å². The molecular formula is C13H18N2O. The molecule has 0 aliphatic carbocycles. The van der Waals surface area contributed by atoms with Crippen molar-refractivity contribution in [3.8, 4) is 0 Å². The lowest BCUT2D eigenvalue weighted by Gasteiger charge is -2.32. The van der Waals surface area contributed by atoms with E-state index in [-0.39, 0.29) is 0 Å². The first-order chi connectivity index (χ1) is 7.83. The van der Waals surface area contributed by atoms with Crippen molar-refractivity contribution in [1.82, 2.24) is 4.90 Å². The second kappa shape index (κ2) is 4.07. The van der Waals surface area contributed by atoms with Gasteiger partial charge in [0, 0.05) is 31.4 Å². The van der Waals surface area contributed by atoms with Crippen molar-refractivity contribution in [2.24, 2.45) is 0 Å². The number of anilines is 1. The molecule has 0 spiro atoms. The van der Waals surface area contributed by atoms with Crippen LogP contribution in [0.1, 0.15) is 17.5 Å². The van der Waals surface area contributed by atoms with Crippen LogP contribution in [0.5, 0.6) is 0 Å². The molecule has 1 fully saturated rings. The van der Waals surface area contributed by atoms with E-state index in [4.69, 9.17) is 10.5 Å². The van der Waals surface area contributed by atoms with Gasteiger partial charge in [0.05, 0.1) is 6.61 Å². The van der Waals surface area contributed by atoms with Crippen molar-refractivity contribution < 1.29 is 4.74 Å². The number of fused-ring (bicyclic) bond motifs is 1. The number of hydrogen-bond donors (Lipinski definition) is 1. The Hall–Kier alpha value is -1.06. The minimum atomic E-state index is 0.630. The Balaban J connectivity index is 1.78. The molecule has 2 N–H and O–H groups in total. The molecule has 2 aliphatic heterocycles. The summed E-state index contributed by atoms with van der Waals surface area (Å²) >= 11 is 0. The lowest BCUT2D eigenvalue weighted by atomic mass is 9.97. The molecule has 1 aromatic carbocycles. The number of nitrogens with two attached hydrogens (primary N) is 1. The third kappa shape index (κ3) is 1.81. The number of hydrogen-bond acceptors (Lipinski definition) is 3. The van der Waals surface area contributed by atoms with Gasteiger partial charge in [-0.25, -0.2) is 0 Å². The van der Waals surface area contributed by atoms with Crippen LogP contribution in [0.2, 0.25) is 0 Å². The van der Waals surface area contributed by atoms with E-state index in [1.165, 1.54) is 17.5 Å². The van der Waals surface area contributed by atoms with Crippen LogP contribution < -0.4 is 5.73 Å². The average molecular weight is 218 g/mol. The summed E-state index contributed by atoms with van der Waals surface area (Å²) in [6.07, 6.45) is 2.31. The zero-order chi connectivity index (χ0) is 11.0. The molecule has 3 heteroatoms. The van der Waals surface area contributed by atoms with Gasteiger partial charge in [0.25, 0.3) is 0 Å². The zero-order valence-electron chi connectivity index (χ0n) is 9.48. The summed E-state index contributed by atoms with van der Waals surface area (Å²) in [4.78, 5) is 2.55. The van der Waals surface area contributed by atoms with Gasteiger partial charge >= 0.3 is 0 Å². The Morgan fingerprint density at radius 3 is 3.06 bits per heavy atom. The minimum Gasteiger partial charge on any atom is -0.399 e. The molecule has 3 nitrogen and oxygen atoms in total. The minimum absolute atomic E-state index is 0.630. The topological polar surface area (TPSA) is 38.5 Å². The van der Waals surface area contributed by atoms with E-state index < -0.39 is 0 Å². The number of nitrogen functional groups attached to an aromatic ring is 1. The molecule has 1 atom stereocenters. The molecule has 3 rings (SSSR count). The van der Waals surface area contributed by atoms with E-state index in [0.29, 0.717) is 6.04 Å². The second-order valence-electron chi connectivity index (χ2n) is 4.77. The molecule has 0 aromatic heterocycles. The van der Waals surface area contributed by atoms with Crippen molar-refractivity contribution in [1.29, 1.82) is 0 Å². The maximum Gasteiger partial charge on any atom is 0.0622 e. The summed E-state index contributed by atoms with van der Waals surface area (Å²) in [6.45, 7) is 4.04. The number of benzene rings is 1. The fourth-order valence-electron chi connectivity index (χ4n) is 2.72. The molecule has 0 bridgehead atoms. The average Bonchev–Trinajstić information content (AvgIpc) is 2.82. The van der Waals surface area contributed by atoms with Crippen molar-refractivity contribution in [2.45, 2.75) is 25.4 Å².